The van der Waals surface area contributed by atoms with Gasteiger partial charge in [0.1, 0.15) is 11.6 Å². The molecule has 20 heavy (non-hydrogen) atoms. The third-order valence-electron chi connectivity index (χ3n) is 2.84. The molecule has 0 fully saturated rings. The monoisotopic (exact) mass is 274 g/mol. The van der Waals surface area contributed by atoms with Crippen LogP contribution in [0.3, 0.4) is 0 Å². The van der Waals surface area contributed by atoms with Crippen LogP contribution in [0.5, 0.6) is 0 Å². The van der Waals surface area contributed by atoms with Gasteiger partial charge >= 0.3 is 0 Å². The third-order valence-corrected chi connectivity index (χ3v) is 2.84. The number of nitrogens with zero attached hydrogens (tertiary/aromatic N) is 4. The second kappa shape index (κ2) is 5.59. The van der Waals surface area contributed by atoms with E-state index < -0.39 is 11.6 Å². The van der Waals surface area contributed by atoms with Crippen LogP contribution in [0.2, 0.25) is 0 Å². The highest BCUT2D eigenvalue weighted by Gasteiger charge is 2.13. The normalized spacial score (nSPS) is 10.0. The smallest absolute Gasteiger partial charge is 0.134 e. The Hall–Kier alpha value is -2.59. The highest BCUT2D eigenvalue weighted by atomic mass is 19.1. The van der Waals surface area contributed by atoms with Crippen molar-refractivity contribution in [3.63, 3.8) is 0 Å². The molecule has 102 valence electrons. The Morgan fingerprint density at radius 1 is 1.10 bits per heavy atom. The highest BCUT2D eigenvalue weighted by molar-refractivity contribution is 5.71. The molecule has 0 amide bonds. The topological polar surface area (TPSA) is 52.0 Å². The van der Waals surface area contributed by atoms with Gasteiger partial charge in [0.15, 0.2) is 0 Å². The lowest BCUT2D eigenvalue weighted by Crippen LogP contribution is -2.08. The molecule has 0 N–H and O–H groups in total. The van der Waals surface area contributed by atoms with Gasteiger partial charge in [-0.25, -0.2) is 8.78 Å². The van der Waals surface area contributed by atoms with Crippen LogP contribution in [-0.4, -0.2) is 14.1 Å². The van der Waals surface area contributed by atoms with Crippen LogP contribution in [0.25, 0.3) is 21.6 Å². The van der Waals surface area contributed by atoms with Gasteiger partial charge in [-0.05, 0) is 35.4 Å². The van der Waals surface area contributed by atoms with Gasteiger partial charge in [0.05, 0.1) is 5.56 Å². The molecule has 6 heteroatoms. The van der Waals surface area contributed by atoms with Gasteiger partial charge in [-0.3, -0.25) is 0 Å². The van der Waals surface area contributed by atoms with E-state index in [1.165, 1.54) is 0 Å². The second-order valence-electron chi connectivity index (χ2n) is 4.42. The van der Waals surface area contributed by atoms with Gasteiger partial charge in [-0.2, -0.15) is 0 Å². The zero-order chi connectivity index (χ0) is 14.7. The zero-order valence-electron chi connectivity index (χ0n) is 11.0. The van der Waals surface area contributed by atoms with Crippen LogP contribution in [0, 0.1) is 11.6 Å². The molecule has 0 radical (unpaired) electrons. The van der Waals surface area contributed by atoms with E-state index >= 15 is 0 Å². The molecule has 2 aromatic carbocycles. The van der Waals surface area contributed by atoms with E-state index in [1.807, 2.05) is 25.1 Å². The van der Waals surface area contributed by atoms with E-state index in [4.69, 9.17) is 5.53 Å². The fourth-order valence-corrected chi connectivity index (χ4v) is 1.88. The van der Waals surface area contributed by atoms with Crippen molar-refractivity contribution in [3.05, 3.63) is 58.5 Å². The first-order valence-corrected chi connectivity index (χ1v) is 5.85. The van der Waals surface area contributed by atoms with Gasteiger partial charge < -0.3 is 4.90 Å². The minimum absolute atomic E-state index is 0.0879. The largest absolute Gasteiger partial charge is 0.378 e. The van der Waals surface area contributed by atoms with Crippen molar-refractivity contribution in [1.82, 2.24) is 0 Å². The molecule has 0 aliphatic heterocycles. The van der Waals surface area contributed by atoms with Crippen LogP contribution >= 0.6 is 0 Å². The Morgan fingerprint density at radius 3 is 2.30 bits per heavy atom. The molecular weight excluding hydrogens is 262 g/mol. The van der Waals surface area contributed by atoms with E-state index in [2.05, 4.69) is 10.0 Å². The van der Waals surface area contributed by atoms with Crippen molar-refractivity contribution < 1.29 is 8.78 Å². The van der Waals surface area contributed by atoms with Gasteiger partial charge in [0.2, 0.25) is 0 Å². The third kappa shape index (κ3) is 2.70. The molecule has 0 atom stereocenters. The van der Waals surface area contributed by atoms with E-state index in [9.17, 15) is 8.78 Å². The minimum Gasteiger partial charge on any atom is -0.378 e. The Balaban J connectivity index is 2.58. The molecule has 0 saturated carbocycles. The zero-order valence-corrected chi connectivity index (χ0v) is 11.0. The van der Waals surface area contributed by atoms with E-state index in [0.717, 1.165) is 17.8 Å². The van der Waals surface area contributed by atoms with Crippen LogP contribution in [0.15, 0.2) is 41.5 Å². The lowest BCUT2D eigenvalue weighted by molar-refractivity contribution is 0.590. The van der Waals surface area contributed by atoms with Gasteiger partial charge in [-0.1, -0.05) is 17.2 Å². The quantitative estimate of drug-likeness (QED) is 0.457. The summed E-state index contributed by atoms with van der Waals surface area (Å²) in [4.78, 5) is 4.35. The fraction of sp³-hybridized carbons (Fsp3) is 0.143. The Labute approximate surface area is 114 Å². The maximum atomic E-state index is 14.0. The van der Waals surface area contributed by atoms with Crippen molar-refractivity contribution >= 4 is 11.4 Å². The molecule has 0 aromatic heterocycles. The first kappa shape index (κ1) is 13.8. The summed E-state index contributed by atoms with van der Waals surface area (Å²) in [6.07, 6.45) is 0. The van der Waals surface area contributed by atoms with E-state index in [1.54, 1.807) is 18.2 Å². The maximum absolute atomic E-state index is 14.0. The summed E-state index contributed by atoms with van der Waals surface area (Å²) in [6.45, 7) is 0. The highest BCUT2D eigenvalue weighted by Crippen LogP contribution is 2.31. The summed E-state index contributed by atoms with van der Waals surface area (Å²) >= 11 is 0. The fourth-order valence-electron chi connectivity index (χ4n) is 1.88. The molecule has 0 heterocycles. The summed E-state index contributed by atoms with van der Waals surface area (Å²) in [5.74, 6) is -1.52. The lowest BCUT2D eigenvalue weighted by atomic mass is 10.0. The first-order valence-electron chi connectivity index (χ1n) is 5.85. The Bertz CT molecular complexity index is 668. The molecule has 4 nitrogen and oxygen atoms in total. The van der Waals surface area contributed by atoms with Gasteiger partial charge in [-0.15, -0.1) is 0 Å². The molecule has 0 unspecified atom stereocenters. The Morgan fingerprint density at radius 2 is 1.75 bits per heavy atom. The SMILES string of the molecule is CN(C)c1cccc(-c2c(F)cc(N=[N+]=[N-])cc2F)c1. The van der Waals surface area contributed by atoms with Crippen molar-refractivity contribution in [3.8, 4) is 11.1 Å². The number of benzene rings is 2. The van der Waals surface area contributed by atoms with Crippen LogP contribution in [-0.2, 0) is 0 Å². The molecule has 0 spiro atoms. The summed E-state index contributed by atoms with van der Waals surface area (Å²) in [5, 5.41) is 3.20. The number of halogens is 2. The maximum Gasteiger partial charge on any atom is 0.134 e. The van der Waals surface area contributed by atoms with Gasteiger partial charge in [0.25, 0.3) is 0 Å². The van der Waals surface area contributed by atoms with Crippen molar-refractivity contribution in [2.24, 2.45) is 5.11 Å². The molecule has 2 aromatic rings. The average Bonchev–Trinajstić information content (AvgIpc) is 2.38. The second-order valence-corrected chi connectivity index (χ2v) is 4.42. The van der Waals surface area contributed by atoms with Crippen LogP contribution in [0.4, 0.5) is 20.2 Å². The lowest BCUT2D eigenvalue weighted by Gasteiger charge is -2.14. The minimum atomic E-state index is -0.761. The van der Waals surface area contributed by atoms with Gasteiger partial charge in [0, 0.05) is 30.4 Å². The van der Waals surface area contributed by atoms with Crippen molar-refractivity contribution in [2.75, 3.05) is 19.0 Å². The van der Waals surface area contributed by atoms with Crippen molar-refractivity contribution in [1.29, 1.82) is 0 Å². The summed E-state index contributed by atoms with van der Waals surface area (Å²) in [7, 11) is 3.69. The number of hydrogen-bond donors (Lipinski definition) is 0. The summed E-state index contributed by atoms with van der Waals surface area (Å²) in [6, 6.07) is 8.91. The first-order chi connectivity index (χ1) is 9.52. The number of hydrogen-bond acceptors (Lipinski definition) is 2. The number of azide groups is 1. The summed E-state index contributed by atoms with van der Waals surface area (Å²) in [5.41, 5.74) is 9.33. The molecular formula is C14H12F2N4. The number of rotatable bonds is 3. The van der Waals surface area contributed by atoms with E-state index in [0.29, 0.717) is 5.56 Å². The van der Waals surface area contributed by atoms with Crippen LogP contribution < -0.4 is 4.90 Å². The average molecular weight is 274 g/mol. The summed E-state index contributed by atoms with van der Waals surface area (Å²) < 4.78 is 28.0. The predicted molar refractivity (Wildman–Crippen MR) is 74.9 cm³/mol. The molecule has 0 bridgehead atoms. The van der Waals surface area contributed by atoms with Crippen molar-refractivity contribution in [2.45, 2.75) is 0 Å². The molecule has 0 aliphatic carbocycles. The predicted octanol–water partition coefficient (Wildman–Crippen LogP) is 4.64. The van der Waals surface area contributed by atoms with E-state index in [-0.39, 0.29) is 11.3 Å². The molecule has 0 saturated heterocycles. The molecule has 2 rings (SSSR count). The van der Waals surface area contributed by atoms with Crippen LogP contribution in [0.1, 0.15) is 0 Å². The standard InChI is InChI=1S/C14H12F2N4/c1-20(2)11-5-3-4-9(6-11)14-12(15)7-10(18-19-17)8-13(14)16/h3-8H,1-2H3. The molecule has 0 aliphatic rings. The Kier molecular flexibility index (Phi) is 3.86. The number of anilines is 1.